The van der Waals surface area contributed by atoms with Gasteiger partial charge in [0.25, 0.3) is 0 Å². The second-order valence-electron chi connectivity index (χ2n) is 7.90. The molecule has 3 aliphatic rings. The van der Waals surface area contributed by atoms with Gasteiger partial charge in [-0.05, 0) is 58.3 Å². The molecule has 0 N–H and O–H groups in total. The van der Waals surface area contributed by atoms with Crippen molar-refractivity contribution < 1.29 is 19.0 Å². The van der Waals surface area contributed by atoms with Crippen molar-refractivity contribution in [1.29, 1.82) is 0 Å². The van der Waals surface area contributed by atoms with Crippen LogP contribution >= 0.6 is 24.8 Å². The second-order valence-corrected chi connectivity index (χ2v) is 7.90. The fourth-order valence-electron chi connectivity index (χ4n) is 4.56. The van der Waals surface area contributed by atoms with Gasteiger partial charge in [-0.3, -0.25) is 14.6 Å². The second kappa shape index (κ2) is 13.2. The Kier molecular flexibility index (Phi) is 12.3. The summed E-state index contributed by atoms with van der Waals surface area (Å²) < 4.78 is 17.3. The van der Waals surface area contributed by atoms with Crippen molar-refractivity contribution in [3.05, 3.63) is 0 Å². The summed E-state index contributed by atoms with van der Waals surface area (Å²) in [5, 5.41) is 0. The maximum Gasteiger partial charge on any atom is 0.308 e. The van der Waals surface area contributed by atoms with Crippen LogP contribution in [0.3, 0.4) is 0 Å². The normalized spacial score (nSPS) is 28.2. The quantitative estimate of drug-likeness (QED) is 0.564. The molecule has 0 amide bonds. The van der Waals surface area contributed by atoms with E-state index in [2.05, 4.69) is 9.80 Å². The Hall–Kier alpha value is -0.110. The third-order valence-corrected chi connectivity index (χ3v) is 6.18. The average molecular weight is 441 g/mol. The minimum absolute atomic E-state index is 0. The Bertz CT molecular complexity index is 436. The van der Waals surface area contributed by atoms with Gasteiger partial charge < -0.3 is 14.2 Å². The fourth-order valence-corrected chi connectivity index (χ4v) is 4.56. The zero-order valence-corrected chi connectivity index (χ0v) is 19.0. The SMILES string of the molecule is CCOC(=O)[C@H]1CC[C@H](OC(N2CCCC2)N2CCC(OC)CC2)CC1.Cl.Cl. The number of carbonyl (C=O) groups is 1. The minimum Gasteiger partial charge on any atom is -0.466 e. The molecule has 166 valence electrons. The Balaban J connectivity index is 0.00000196. The summed E-state index contributed by atoms with van der Waals surface area (Å²) in [5.74, 6) is 0.0427. The van der Waals surface area contributed by atoms with Gasteiger partial charge >= 0.3 is 5.97 Å². The molecule has 2 aliphatic heterocycles. The minimum atomic E-state index is -0.0244. The van der Waals surface area contributed by atoms with Crippen molar-refractivity contribution in [2.45, 2.75) is 76.9 Å². The van der Waals surface area contributed by atoms with Crippen molar-refractivity contribution in [3.63, 3.8) is 0 Å². The molecule has 0 aromatic heterocycles. The number of halogens is 2. The highest BCUT2D eigenvalue weighted by molar-refractivity contribution is 5.85. The summed E-state index contributed by atoms with van der Waals surface area (Å²) in [7, 11) is 1.82. The van der Waals surface area contributed by atoms with Gasteiger partial charge in [-0.25, -0.2) is 0 Å². The van der Waals surface area contributed by atoms with E-state index < -0.39 is 0 Å². The summed E-state index contributed by atoms with van der Waals surface area (Å²) >= 11 is 0. The molecule has 1 atom stereocenters. The molecule has 3 fully saturated rings. The molecule has 2 heterocycles. The Labute approximate surface area is 182 Å². The highest BCUT2D eigenvalue weighted by atomic mass is 35.5. The van der Waals surface area contributed by atoms with Gasteiger partial charge in [-0.1, -0.05) is 0 Å². The summed E-state index contributed by atoms with van der Waals surface area (Å²) in [4.78, 5) is 17.0. The van der Waals surface area contributed by atoms with Gasteiger partial charge in [0.2, 0.25) is 0 Å². The summed E-state index contributed by atoms with van der Waals surface area (Å²) in [5.41, 5.74) is 0. The van der Waals surface area contributed by atoms with Crippen LogP contribution in [0.15, 0.2) is 0 Å². The molecule has 0 spiro atoms. The van der Waals surface area contributed by atoms with Crippen LogP contribution in [0.5, 0.6) is 0 Å². The van der Waals surface area contributed by atoms with Crippen LogP contribution in [0.25, 0.3) is 0 Å². The molecule has 6 nitrogen and oxygen atoms in total. The van der Waals surface area contributed by atoms with E-state index in [-0.39, 0.29) is 49.2 Å². The molecule has 0 aromatic carbocycles. The molecule has 2 saturated heterocycles. The lowest BCUT2D eigenvalue weighted by Crippen LogP contribution is -2.54. The monoisotopic (exact) mass is 440 g/mol. The van der Waals surface area contributed by atoms with Crippen LogP contribution in [0, 0.1) is 5.92 Å². The lowest BCUT2D eigenvalue weighted by Gasteiger charge is -2.43. The number of rotatable bonds is 7. The molecule has 0 bridgehead atoms. The summed E-state index contributed by atoms with van der Waals surface area (Å²) in [6.07, 6.45) is 9.15. The van der Waals surface area contributed by atoms with Crippen LogP contribution < -0.4 is 0 Å². The van der Waals surface area contributed by atoms with E-state index in [0.717, 1.165) is 64.7 Å². The standard InChI is InChI=1S/C20H36N2O4.2ClH/c1-3-25-19(23)16-6-8-18(9-7-16)26-20(21-12-4-5-13-21)22-14-10-17(24-2)11-15-22;;/h16-18,20H,3-15H2,1-2H3;2*1H/t16-,18-,20?;;. The third-order valence-electron chi connectivity index (χ3n) is 6.18. The van der Waals surface area contributed by atoms with Gasteiger partial charge in [0, 0.05) is 33.3 Å². The van der Waals surface area contributed by atoms with E-state index in [4.69, 9.17) is 14.2 Å². The number of nitrogens with zero attached hydrogens (tertiary/aromatic N) is 2. The van der Waals surface area contributed by atoms with Crippen molar-refractivity contribution >= 4 is 30.8 Å². The van der Waals surface area contributed by atoms with Crippen LogP contribution in [-0.4, -0.2) is 74.2 Å². The van der Waals surface area contributed by atoms with Crippen molar-refractivity contribution in [1.82, 2.24) is 9.80 Å². The number of esters is 1. The highest BCUT2D eigenvalue weighted by Gasteiger charge is 2.35. The van der Waals surface area contributed by atoms with Gasteiger partial charge in [0.1, 0.15) is 0 Å². The zero-order valence-electron chi connectivity index (χ0n) is 17.3. The van der Waals surface area contributed by atoms with Gasteiger partial charge in [0.05, 0.1) is 24.7 Å². The van der Waals surface area contributed by atoms with Gasteiger partial charge in [-0.15, -0.1) is 24.8 Å². The highest BCUT2D eigenvalue weighted by Crippen LogP contribution is 2.30. The van der Waals surface area contributed by atoms with E-state index in [1.54, 1.807) is 0 Å². The fraction of sp³-hybridized carbons (Fsp3) is 0.950. The first kappa shape index (κ1) is 25.9. The maximum atomic E-state index is 12.0. The lowest BCUT2D eigenvalue weighted by molar-refractivity contribution is -0.192. The number of hydrogen-bond donors (Lipinski definition) is 0. The van der Waals surface area contributed by atoms with Gasteiger partial charge in [-0.2, -0.15) is 0 Å². The number of methoxy groups -OCH3 is 1. The van der Waals surface area contributed by atoms with Crippen molar-refractivity contribution in [3.8, 4) is 0 Å². The molecule has 0 radical (unpaired) electrons. The smallest absolute Gasteiger partial charge is 0.308 e. The predicted molar refractivity (Wildman–Crippen MR) is 114 cm³/mol. The van der Waals surface area contributed by atoms with E-state index in [1.165, 1.54) is 12.8 Å². The Morgan fingerprint density at radius 3 is 2.00 bits per heavy atom. The maximum absolute atomic E-state index is 12.0. The predicted octanol–water partition coefficient (Wildman–Crippen LogP) is 3.46. The lowest BCUT2D eigenvalue weighted by atomic mass is 9.87. The number of piperidine rings is 1. The van der Waals surface area contributed by atoms with Gasteiger partial charge in [0.15, 0.2) is 6.35 Å². The molecule has 1 saturated carbocycles. The van der Waals surface area contributed by atoms with Crippen molar-refractivity contribution in [2.24, 2.45) is 5.92 Å². The van der Waals surface area contributed by atoms with E-state index in [9.17, 15) is 4.79 Å². The molecular formula is C20H38Cl2N2O4. The number of ether oxygens (including phenoxy) is 3. The summed E-state index contributed by atoms with van der Waals surface area (Å²) in [6, 6.07) is 0. The molecule has 1 unspecified atom stereocenters. The average Bonchev–Trinajstić information content (AvgIpc) is 3.21. The molecule has 0 aromatic rings. The van der Waals surface area contributed by atoms with Crippen LogP contribution in [0.1, 0.15) is 58.3 Å². The van der Waals surface area contributed by atoms with Crippen LogP contribution in [-0.2, 0) is 19.0 Å². The van der Waals surface area contributed by atoms with Crippen LogP contribution in [0.2, 0.25) is 0 Å². The topological polar surface area (TPSA) is 51.2 Å². The van der Waals surface area contributed by atoms with Crippen LogP contribution in [0.4, 0.5) is 0 Å². The number of likely N-dealkylation sites (tertiary alicyclic amines) is 2. The Morgan fingerprint density at radius 1 is 0.893 bits per heavy atom. The Morgan fingerprint density at radius 2 is 1.46 bits per heavy atom. The first-order valence-corrected chi connectivity index (χ1v) is 10.5. The largest absolute Gasteiger partial charge is 0.466 e. The van der Waals surface area contributed by atoms with E-state index in [1.807, 2.05) is 14.0 Å². The zero-order chi connectivity index (χ0) is 18.4. The number of carbonyl (C=O) groups excluding carboxylic acids is 1. The van der Waals surface area contributed by atoms with E-state index in [0.29, 0.717) is 12.7 Å². The van der Waals surface area contributed by atoms with E-state index >= 15 is 0 Å². The molecule has 28 heavy (non-hydrogen) atoms. The number of hydrogen-bond acceptors (Lipinski definition) is 6. The third kappa shape index (κ3) is 6.99. The first-order chi connectivity index (χ1) is 12.7. The molecule has 3 rings (SSSR count). The molecular weight excluding hydrogens is 403 g/mol. The molecule has 8 heteroatoms. The first-order valence-electron chi connectivity index (χ1n) is 10.5. The summed E-state index contributed by atoms with van der Waals surface area (Å²) in [6.45, 7) is 6.69. The molecule has 1 aliphatic carbocycles. The van der Waals surface area contributed by atoms with Crippen molar-refractivity contribution in [2.75, 3.05) is 39.9 Å².